The molecular weight excluding hydrogens is 324 g/mol. The van der Waals surface area contributed by atoms with Crippen LogP contribution in [-0.2, 0) is 16.2 Å². The molecule has 3 heterocycles. The molecule has 0 spiro atoms. The van der Waals surface area contributed by atoms with Gasteiger partial charge in [-0.2, -0.15) is 5.10 Å². The Labute approximate surface area is 144 Å². The first kappa shape index (κ1) is 15.5. The van der Waals surface area contributed by atoms with Crippen molar-refractivity contribution in [1.29, 1.82) is 0 Å². The van der Waals surface area contributed by atoms with E-state index in [0.29, 0.717) is 23.6 Å². The van der Waals surface area contributed by atoms with Gasteiger partial charge in [-0.25, -0.2) is 0 Å². The van der Waals surface area contributed by atoms with Crippen molar-refractivity contribution in [3.05, 3.63) is 35.7 Å². The number of amides is 1. The van der Waals surface area contributed by atoms with Crippen LogP contribution in [0.15, 0.2) is 29.6 Å². The first-order chi connectivity index (χ1) is 12.2. The number of nitrogens with one attached hydrogen (secondary N) is 1. The van der Waals surface area contributed by atoms with Crippen molar-refractivity contribution in [2.45, 2.75) is 32.9 Å². The lowest BCUT2D eigenvalue weighted by atomic mass is 10.1. The Kier molecular flexibility index (Phi) is 3.79. The number of hydrogen-bond acceptors (Lipinski definition) is 6. The molecule has 8 heteroatoms. The zero-order valence-corrected chi connectivity index (χ0v) is 14.0. The Balaban J connectivity index is 1.42. The number of aryl methyl sites for hydroxylation is 1. The van der Waals surface area contributed by atoms with Gasteiger partial charge in [-0.1, -0.05) is 5.16 Å². The van der Waals surface area contributed by atoms with Crippen molar-refractivity contribution < 1.29 is 19.1 Å². The molecule has 25 heavy (non-hydrogen) atoms. The van der Waals surface area contributed by atoms with Gasteiger partial charge in [0.25, 0.3) is 5.91 Å². The topological polar surface area (TPSA) is 87.0 Å². The molecule has 0 fully saturated rings. The fraction of sp³-hybridized carbons (Fsp3) is 0.353. The molecule has 8 nitrogen and oxygen atoms in total. The van der Waals surface area contributed by atoms with Gasteiger partial charge in [-0.15, -0.1) is 0 Å². The molecule has 1 amide bonds. The minimum atomic E-state index is -0.662. The van der Waals surface area contributed by atoms with Crippen LogP contribution in [0, 0.1) is 6.92 Å². The van der Waals surface area contributed by atoms with Crippen molar-refractivity contribution in [3.8, 4) is 11.5 Å². The van der Waals surface area contributed by atoms with E-state index in [1.54, 1.807) is 24.4 Å². The number of oxime groups is 1. The molecule has 2 aliphatic heterocycles. The lowest BCUT2D eigenvalue weighted by molar-refractivity contribution is -0.125. The van der Waals surface area contributed by atoms with Crippen molar-refractivity contribution in [2.75, 3.05) is 12.1 Å². The molecule has 1 aromatic heterocycles. The van der Waals surface area contributed by atoms with Gasteiger partial charge in [0.1, 0.15) is 0 Å². The Bertz CT molecular complexity index is 858. The number of rotatable bonds is 4. The Morgan fingerprint density at radius 2 is 2.20 bits per heavy atom. The second-order valence-electron chi connectivity index (χ2n) is 5.85. The zero-order valence-electron chi connectivity index (χ0n) is 14.0. The molecule has 2 aromatic rings. The van der Waals surface area contributed by atoms with E-state index in [1.165, 1.54) is 0 Å². The summed E-state index contributed by atoms with van der Waals surface area (Å²) in [4.78, 5) is 17.8. The summed E-state index contributed by atoms with van der Waals surface area (Å²) in [6.07, 6.45) is 1.51. The van der Waals surface area contributed by atoms with Gasteiger partial charge in [0.05, 0.1) is 11.9 Å². The van der Waals surface area contributed by atoms with Crippen LogP contribution in [0.1, 0.15) is 24.6 Å². The highest BCUT2D eigenvalue weighted by Crippen LogP contribution is 2.34. The third-order valence-corrected chi connectivity index (χ3v) is 4.32. The lowest BCUT2D eigenvalue weighted by Crippen LogP contribution is -2.28. The number of nitrogens with zero attached hydrogens (tertiary/aromatic N) is 3. The molecule has 130 valence electrons. The largest absolute Gasteiger partial charge is 0.454 e. The molecule has 0 unspecified atom stereocenters. The molecule has 1 aromatic carbocycles. The van der Waals surface area contributed by atoms with E-state index < -0.39 is 6.10 Å². The van der Waals surface area contributed by atoms with Crippen LogP contribution < -0.4 is 14.8 Å². The van der Waals surface area contributed by atoms with Crippen LogP contribution in [0.5, 0.6) is 11.5 Å². The van der Waals surface area contributed by atoms with Gasteiger partial charge >= 0.3 is 0 Å². The van der Waals surface area contributed by atoms with Gasteiger partial charge in [0.15, 0.2) is 11.5 Å². The van der Waals surface area contributed by atoms with Crippen LogP contribution in [0.25, 0.3) is 0 Å². The Hall–Kier alpha value is -3.03. The molecule has 0 saturated heterocycles. The lowest BCUT2D eigenvalue weighted by Gasteiger charge is -2.10. The molecule has 0 aliphatic carbocycles. The van der Waals surface area contributed by atoms with Gasteiger partial charge in [0, 0.05) is 36.0 Å². The number of hydrogen-bond donors (Lipinski definition) is 1. The standard InChI is InChI=1S/C17H18N4O4/c1-3-21-10(2)12(8-18-21)13-7-16(25-20-13)17(22)19-11-4-5-14-15(6-11)24-9-23-14/h4-6,8,16H,3,7,9H2,1-2H3,(H,19,22)/t16-/m1/s1. The fourth-order valence-electron chi connectivity index (χ4n) is 2.92. The van der Waals surface area contributed by atoms with Crippen molar-refractivity contribution in [1.82, 2.24) is 9.78 Å². The monoisotopic (exact) mass is 342 g/mol. The second kappa shape index (κ2) is 6.12. The summed E-state index contributed by atoms with van der Waals surface area (Å²) in [5.74, 6) is 1.03. The van der Waals surface area contributed by atoms with Gasteiger partial charge < -0.3 is 19.6 Å². The molecular formula is C17H18N4O4. The highest BCUT2D eigenvalue weighted by molar-refractivity contribution is 6.06. The highest BCUT2D eigenvalue weighted by Gasteiger charge is 2.30. The number of benzene rings is 1. The summed E-state index contributed by atoms with van der Waals surface area (Å²) in [6, 6.07) is 5.25. The highest BCUT2D eigenvalue weighted by atomic mass is 16.7. The van der Waals surface area contributed by atoms with Gasteiger partial charge in [-0.05, 0) is 26.0 Å². The number of anilines is 1. The molecule has 1 atom stereocenters. The molecule has 0 radical (unpaired) electrons. The number of carbonyl (C=O) groups is 1. The van der Waals surface area contributed by atoms with E-state index >= 15 is 0 Å². The average Bonchev–Trinajstić information content (AvgIpc) is 3.33. The van der Waals surface area contributed by atoms with Crippen LogP contribution in [0.4, 0.5) is 5.69 Å². The first-order valence-electron chi connectivity index (χ1n) is 8.11. The third-order valence-electron chi connectivity index (χ3n) is 4.32. The summed E-state index contributed by atoms with van der Waals surface area (Å²) < 4.78 is 12.5. The van der Waals surface area contributed by atoms with Gasteiger partial charge in [-0.3, -0.25) is 9.48 Å². The Morgan fingerprint density at radius 3 is 3.00 bits per heavy atom. The number of ether oxygens (including phenoxy) is 2. The quantitative estimate of drug-likeness (QED) is 0.919. The number of fused-ring (bicyclic) bond motifs is 1. The van der Waals surface area contributed by atoms with Crippen LogP contribution in [0.3, 0.4) is 0 Å². The van der Waals surface area contributed by atoms with Crippen LogP contribution in [0.2, 0.25) is 0 Å². The van der Waals surface area contributed by atoms with Crippen molar-refractivity contribution in [2.24, 2.45) is 5.16 Å². The maximum absolute atomic E-state index is 12.4. The zero-order chi connectivity index (χ0) is 17.4. The van der Waals surface area contributed by atoms with E-state index in [2.05, 4.69) is 15.6 Å². The van der Waals surface area contributed by atoms with Gasteiger partial charge in [0.2, 0.25) is 12.9 Å². The third kappa shape index (κ3) is 2.79. The molecule has 4 rings (SSSR count). The molecule has 2 aliphatic rings. The predicted molar refractivity (Wildman–Crippen MR) is 89.9 cm³/mol. The van der Waals surface area contributed by atoms with Crippen molar-refractivity contribution in [3.63, 3.8) is 0 Å². The smallest absolute Gasteiger partial charge is 0.268 e. The molecule has 1 N–H and O–H groups in total. The van der Waals surface area contributed by atoms with Crippen molar-refractivity contribution >= 4 is 17.3 Å². The first-order valence-corrected chi connectivity index (χ1v) is 8.11. The minimum Gasteiger partial charge on any atom is -0.454 e. The van der Waals surface area contributed by atoms with E-state index in [9.17, 15) is 4.79 Å². The predicted octanol–water partition coefficient (Wildman–Crippen LogP) is 2.07. The minimum absolute atomic E-state index is 0.195. The fourth-order valence-corrected chi connectivity index (χ4v) is 2.92. The van der Waals surface area contributed by atoms with E-state index in [0.717, 1.165) is 23.5 Å². The van der Waals surface area contributed by atoms with E-state index in [-0.39, 0.29) is 12.7 Å². The van der Waals surface area contributed by atoms with Crippen LogP contribution in [-0.4, -0.2) is 34.3 Å². The average molecular weight is 342 g/mol. The summed E-state index contributed by atoms with van der Waals surface area (Å²) >= 11 is 0. The van der Waals surface area contributed by atoms with E-state index in [1.807, 2.05) is 18.5 Å². The summed E-state index contributed by atoms with van der Waals surface area (Å²) in [5, 5.41) is 11.2. The number of aromatic nitrogens is 2. The SMILES string of the molecule is CCn1ncc(C2=NO[C@@H](C(=O)Nc3ccc4c(c3)OCO4)C2)c1C. The normalized spacial score (nSPS) is 18.0. The van der Waals surface area contributed by atoms with Crippen LogP contribution >= 0.6 is 0 Å². The second-order valence-corrected chi connectivity index (χ2v) is 5.85. The van der Waals surface area contributed by atoms with E-state index in [4.69, 9.17) is 14.3 Å². The maximum Gasteiger partial charge on any atom is 0.268 e. The summed E-state index contributed by atoms with van der Waals surface area (Å²) in [7, 11) is 0. The summed E-state index contributed by atoms with van der Waals surface area (Å²) in [6.45, 7) is 4.99. The summed E-state index contributed by atoms with van der Waals surface area (Å²) in [5.41, 5.74) is 3.30. The maximum atomic E-state index is 12.4. The number of carbonyl (C=O) groups excluding carboxylic acids is 1. The molecule has 0 bridgehead atoms. The molecule has 0 saturated carbocycles. The Morgan fingerprint density at radius 1 is 1.36 bits per heavy atom.